The summed E-state index contributed by atoms with van der Waals surface area (Å²) in [5.74, 6) is 0. The number of rotatable bonds is 4. The fourth-order valence-electron chi connectivity index (χ4n) is 8.98. The molecule has 12 heteroatoms. The van der Waals surface area contributed by atoms with E-state index >= 15 is 0 Å². The van der Waals surface area contributed by atoms with E-state index in [2.05, 4.69) is 211 Å². The highest BCUT2D eigenvalue weighted by atomic mass is 15.0. The molecule has 12 rings (SSSR count). The van der Waals surface area contributed by atoms with Crippen LogP contribution in [0.15, 0.2) is 196 Å². The van der Waals surface area contributed by atoms with E-state index in [1.807, 2.05) is 184 Å². The van der Waals surface area contributed by atoms with E-state index in [0.29, 0.717) is 0 Å². The molecule has 12 aromatic rings. The first-order valence-corrected chi connectivity index (χ1v) is 31.7. The van der Waals surface area contributed by atoms with Gasteiger partial charge in [0.1, 0.15) is 59.2 Å². The molecule has 88 heavy (non-hydrogen) atoms. The average molecular weight is 1190 g/mol. The van der Waals surface area contributed by atoms with Crippen LogP contribution < -0.4 is 18.3 Å². The van der Waals surface area contributed by atoms with Crippen molar-refractivity contribution in [2.75, 3.05) is 0 Å². The second kappa shape index (κ2) is 43.5. The third kappa shape index (κ3) is 20.8. The van der Waals surface area contributed by atoms with Gasteiger partial charge in [-0.2, -0.15) is 9.13 Å². The normalized spacial score (nSPS) is 9.36. The lowest BCUT2D eigenvalue weighted by molar-refractivity contribution is -0.659. The molecule has 0 aliphatic rings. The Kier molecular flexibility index (Phi) is 38.0. The van der Waals surface area contributed by atoms with Gasteiger partial charge in [0.2, 0.25) is 28.3 Å². The molecule has 0 saturated carbocycles. The summed E-state index contributed by atoms with van der Waals surface area (Å²) in [6, 6.07) is 44.1. The highest BCUT2D eigenvalue weighted by Gasteiger charge is 2.20. The number of aryl methyl sites for hydroxylation is 8. The lowest BCUT2D eigenvalue weighted by atomic mass is 10.0. The van der Waals surface area contributed by atoms with Crippen LogP contribution in [0.3, 0.4) is 0 Å². The minimum atomic E-state index is 0.990. The number of benzene rings is 4. The zero-order chi connectivity index (χ0) is 66.1. The van der Waals surface area contributed by atoms with Crippen molar-refractivity contribution in [3.05, 3.63) is 219 Å². The molecule has 8 aromatic heterocycles. The Morgan fingerprint density at radius 3 is 1.19 bits per heavy atom. The molecule has 0 N–H and O–H groups in total. The van der Waals surface area contributed by atoms with Crippen LogP contribution >= 0.6 is 0 Å². The van der Waals surface area contributed by atoms with Crippen LogP contribution in [0.5, 0.6) is 0 Å². The van der Waals surface area contributed by atoms with Crippen molar-refractivity contribution < 1.29 is 18.3 Å². The molecule has 12 nitrogen and oxygen atoms in total. The van der Waals surface area contributed by atoms with E-state index in [1.165, 1.54) is 43.2 Å². The van der Waals surface area contributed by atoms with Crippen molar-refractivity contribution in [3.63, 3.8) is 0 Å². The molecule has 0 radical (unpaired) electrons. The van der Waals surface area contributed by atoms with Crippen LogP contribution in [-0.2, 0) is 28.2 Å². The number of para-hydroxylation sites is 1. The van der Waals surface area contributed by atoms with Crippen molar-refractivity contribution in [1.82, 2.24) is 39.9 Å². The average Bonchev–Trinajstić information content (AvgIpc) is 3.73. The number of aromatic nitrogens is 12. The molecule has 0 fully saturated rings. The van der Waals surface area contributed by atoms with E-state index in [4.69, 9.17) is 0 Å². The van der Waals surface area contributed by atoms with Gasteiger partial charge < -0.3 is 0 Å². The van der Waals surface area contributed by atoms with Crippen LogP contribution in [0.4, 0.5) is 0 Å². The lowest BCUT2D eigenvalue weighted by Crippen LogP contribution is -2.32. The third-order valence-corrected chi connectivity index (χ3v) is 12.8. The number of nitrogens with zero attached hydrogens (tertiary/aromatic N) is 12. The van der Waals surface area contributed by atoms with Gasteiger partial charge in [0.25, 0.3) is 0 Å². The SMILES string of the molecule is CC.CC.CC.CC.CC.CC.CC.CC.Cc1cncnc1-c1c2ccccc2cc[n+]1C.Cc1ncncc1-c1c2ccccc2cc[n+]1C.Cc1ncncc1-c1cc2ccccc2c[n+]1C.Cc1ncncc1-c1ccc2ccccc2[n+]1C. The summed E-state index contributed by atoms with van der Waals surface area (Å²) < 4.78 is 8.53. The summed E-state index contributed by atoms with van der Waals surface area (Å²) in [6.07, 6.45) is 20.1. The fourth-order valence-corrected chi connectivity index (χ4v) is 8.98. The Morgan fingerprint density at radius 2 is 0.705 bits per heavy atom. The predicted molar refractivity (Wildman–Crippen MR) is 374 cm³/mol. The summed E-state index contributed by atoms with van der Waals surface area (Å²) in [7, 11) is 8.22. The summed E-state index contributed by atoms with van der Waals surface area (Å²) in [6.45, 7) is 40.1. The summed E-state index contributed by atoms with van der Waals surface area (Å²) in [4.78, 5) is 33.7. The maximum atomic E-state index is 4.43. The zero-order valence-electron chi connectivity index (χ0n) is 57.8. The molecule has 464 valence electrons. The maximum absolute atomic E-state index is 4.43. The second-order valence-electron chi connectivity index (χ2n) is 17.6. The second-order valence-corrected chi connectivity index (χ2v) is 17.6. The predicted octanol–water partition coefficient (Wildman–Crippen LogP) is 17.9. The van der Waals surface area contributed by atoms with E-state index in [1.54, 1.807) is 25.3 Å². The van der Waals surface area contributed by atoms with Gasteiger partial charge in [-0.3, -0.25) is 0 Å². The van der Waals surface area contributed by atoms with Gasteiger partial charge in [-0.1, -0.05) is 178 Å². The van der Waals surface area contributed by atoms with Crippen LogP contribution in [0.2, 0.25) is 0 Å². The van der Waals surface area contributed by atoms with Crippen molar-refractivity contribution in [3.8, 4) is 45.2 Å². The monoisotopic (exact) mass is 1180 g/mol. The summed E-state index contributed by atoms with van der Waals surface area (Å²) in [5.41, 5.74) is 14.1. The molecule has 4 aromatic carbocycles. The van der Waals surface area contributed by atoms with E-state index in [9.17, 15) is 0 Å². The van der Waals surface area contributed by atoms with Crippen LogP contribution in [0.25, 0.3) is 88.4 Å². The number of fused-ring (bicyclic) bond motifs is 4. The molecule has 0 amide bonds. The summed E-state index contributed by atoms with van der Waals surface area (Å²) >= 11 is 0. The van der Waals surface area contributed by atoms with Crippen molar-refractivity contribution in [2.45, 2.75) is 138 Å². The highest BCUT2D eigenvalue weighted by Crippen LogP contribution is 2.28. The molecule has 0 aliphatic heterocycles. The minimum absolute atomic E-state index is 0.990. The van der Waals surface area contributed by atoms with Gasteiger partial charge in [0, 0.05) is 65.9 Å². The Balaban J connectivity index is 0.000000544. The van der Waals surface area contributed by atoms with Gasteiger partial charge in [-0.15, -0.1) is 0 Å². The molecule has 0 bridgehead atoms. The number of pyridine rings is 4. The molecule has 0 saturated heterocycles. The quantitative estimate of drug-likeness (QED) is 0.160. The Labute approximate surface area is 529 Å². The first-order chi connectivity index (χ1) is 43.1. The molecule has 8 heterocycles. The van der Waals surface area contributed by atoms with Gasteiger partial charge in [-0.05, 0) is 79.7 Å². The number of hydrogen-bond acceptors (Lipinski definition) is 8. The largest absolute Gasteiger partial charge is 0.244 e. The standard InChI is InChI=1S/4C15H14N3.8C2H6/c1-11-14(8-16-10-17-11)15-7-12-5-3-4-6-13(12)9-18(15)2;1-11-13(9-16-10-17-11)15-8-7-12-5-3-4-6-14(12)18(15)2;1-11-14(9-16-10-17-11)15-13-6-4-3-5-12(13)7-8-18(15)2;1-11-9-16-10-17-14(11)15-13-6-4-3-5-12(13)7-8-18(15)2;8*1-2/h4*3-10H,1-2H3;8*1-2H3/q4*+1;;;;;;;;. The topological polar surface area (TPSA) is 119 Å². The maximum Gasteiger partial charge on any atom is 0.239 e. The number of hydrogen-bond donors (Lipinski definition) is 0. The first-order valence-electron chi connectivity index (χ1n) is 31.7. The third-order valence-electron chi connectivity index (χ3n) is 12.8. The van der Waals surface area contributed by atoms with Gasteiger partial charge in [-0.25, -0.2) is 49.0 Å². The van der Waals surface area contributed by atoms with Crippen LogP contribution in [-0.4, -0.2) is 39.9 Å². The van der Waals surface area contributed by atoms with Crippen LogP contribution in [0, 0.1) is 27.7 Å². The summed E-state index contributed by atoms with van der Waals surface area (Å²) in [5, 5.41) is 8.59. The van der Waals surface area contributed by atoms with Gasteiger partial charge >= 0.3 is 0 Å². The van der Waals surface area contributed by atoms with Crippen molar-refractivity contribution >= 4 is 43.2 Å². The van der Waals surface area contributed by atoms with Crippen molar-refractivity contribution in [1.29, 1.82) is 0 Å². The Bertz CT molecular complexity index is 3710. The van der Waals surface area contributed by atoms with Gasteiger partial charge in [0.05, 0.1) is 44.5 Å². The fraction of sp³-hybridized carbons (Fsp3) is 0.316. The first kappa shape index (κ1) is 76.9. The van der Waals surface area contributed by atoms with E-state index in [-0.39, 0.29) is 0 Å². The van der Waals surface area contributed by atoms with E-state index < -0.39 is 0 Å². The lowest BCUT2D eigenvalue weighted by Gasteiger charge is -2.06. The molecule has 0 unspecified atom stereocenters. The van der Waals surface area contributed by atoms with E-state index in [0.717, 1.165) is 67.8 Å². The van der Waals surface area contributed by atoms with Gasteiger partial charge in [0.15, 0.2) is 18.6 Å². The van der Waals surface area contributed by atoms with Crippen LogP contribution in [0.1, 0.15) is 133 Å². The smallest absolute Gasteiger partial charge is 0.239 e. The van der Waals surface area contributed by atoms with Crippen molar-refractivity contribution in [2.24, 2.45) is 28.2 Å². The zero-order valence-corrected chi connectivity index (χ0v) is 57.8. The molecular weight excluding hydrogens is 1080 g/mol. The molecule has 0 spiro atoms. The highest BCUT2D eigenvalue weighted by molar-refractivity contribution is 5.94. The molecule has 0 atom stereocenters. The molecular formula is C76H104N12+4. The minimum Gasteiger partial charge on any atom is -0.244 e. The Hall–Kier alpha value is -9.16. The Morgan fingerprint density at radius 1 is 0.318 bits per heavy atom. The molecule has 0 aliphatic carbocycles.